The minimum absolute atomic E-state index is 0.0991. The van der Waals surface area contributed by atoms with Crippen LogP contribution in [-0.4, -0.2) is 14.9 Å². The van der Waals surface area contributed by atoms with Crippen LogP contribution in [0.15, 0.2) is 42.5 Å². The van der Waals surface area contributed by atoms with Crippen molar-refractivity contribution in [3.63, 3.8) is 0 Å². The van der Waals surface area contributed by atoms with E-state index >= 15 is 0 Å². The van der Waals surface area contributed by atoms with E-state index in [4.69, 9.17) is 0 Å². The third kappa shape index (κ3) is 2.76. The van der Waals surface area contributed by atoms with Crippen molar-refractivity contribution in [2.45, 2.75) is 26.1 Å². The van der Waals surface area contributed by atoms with Crippen molar-refractivity contribution in [2.24, 2.45) is 0 Å². The molecule has 120 valence electrons. The van der Waals surface area contributed by atoms with Crippen molar-refractivity contribution in [3.8, 4) is 17.0 Å². The molecular weight excluding hydrogens is 305 g/mol. The maximum atomic E-state index is 13.3. The summed E-state index contributed by atoms with van der Waals surface area (Å²) in [7, 11) is 0. The van der Waals surface area contributed by atoms with Gasteiger partial charge in [0.05, 0.1) is 11.1 Å². The molecule has 0 radical (unpaired) electrons. The number of phenolic OH excluding ortho intramolecular Hbond substituents is 1. The van der Waals surface area contributed by atoms with Gasteiger partial charge in [-0.3, -0.25) is 4.68 Å². The molecule has 0 fully saturated rings. The number of hydrogen-bond donors (Lipinski definition) is 1. The summed E-state index contributed by atoms with van der Waals surface area (Å²) in [6, 6.07) is 10.4. The first-order valence-electron chi connectivity index (χ1n) is 7.28. The summed E-state index contributed by atoms with van der Waals surface area (Å²) in [6.45, 7) is 2.30. The lowest BCUT2D eigenvalue weighted by Crippen LogP contribution is -2.09. The van der Waals surface area contributed by atoms with Gasteiger partial charge < -0.3 is 5.11 Å². The summed E-state index contributed by atoms with van der Waals surface area (Å²) in [4.78, 5) is 0. The van der Waals surface area contributed by atoms with Gasteiger partial charge in [0.15, 0.2) is 0 Å². The average Bonchev–Trinajstić information content (AvgIpc) is 2.86. The van der Waals surface area contributed by atoms with E-state index in [9.17, 15) is 18.3 Å². The maximum Gasteiger partial charge on any atom is 0.418 e. The van der Waals surface area contributed by atoms with Crippen LogP contribution in [0.5, 0.6) is 5.75 Å². The van der Waals surface area contributed by atoms with E-state index in [1.807, 2.05) is 6.92 Å². The maximum absolute atomic E-state index is 13.3. The monoisotopic (exact) mass is 320 g/mol. The highest BCUT2D eigenvalue weighted by molar-refractivity contribution is 5.95. The topological polar surface area (TPSA) is 38.0 Å². The predicted octanol–water partition coefficient (Wildman–Crippen LogP) is 4.84. The number of aromatic nitrogens is 2. The van der Waals surface area contributed by atoms with Crippen molar-refractivity contribution in [3.05, 3.63) is 48.0 Å². The van der Waals surface area contributed by atoms with Gasteiger partial charge in [0.2, 0.25) is 0 Å². The van der Waals surface area contributed by atoms with Crippen LogP contribution in [0.25, 0.3) is 22.2 Å². The normalized spacial score (nSPS) is 12.0. The third-order valence-corrected chi connectivity index (χ3v) is 3.65. The smallest absolute Gasteiger partial charge is 0.418 e. The molecular formula is C17H15F3N2O. The van der Waals surface area contributed by atoms with Crippen molar-refractivity contribution < 1.29 is 18.3 Å². The largest absolute Gasteiger partial charge is 0.508 e. The molecule has 3 rings (SSSR count). The van der Waals surface area contributed by atoms with E-state index in [1.165, 1.54) is 22.9 Å². The van der Waals surface area contributed by atoms with Gasteiger partial charge in [-0.2, -0.15) is 18.3 Å². The zero-order valence-electron chi connectivity index (χ0n) is 12.4. The first-order valence-corrected chi connectivity index (χ1v) is 7.28. The number of nitrogens with zero attached hydrogens (tertiary/aromatic N) is 2. The van der Waals surface area contributed by atoms with Crippen molar-refractivity contribution in [1.29, 1.82) is 0 Å². The predicted molar refractivity (Wildman–Crippen MR) is 82.1 cm³/mol. The van der Waals surface area contributed by atoms with E-state index < -0.39 is 11.7 Å². The molecule has 3 aromatic rings. The van der Waals surface area contributed by atoms with Crippen molar-refractivity contribution in [2.75, 3.05) is 0 Å². The molecule has 0 aliphatic rings. The molecule has 1 aromatic heterocycles. The zero-order valence-corrected chi connectivity index (χ0v) is 12.4. The Labute approximate surface area is 131 Å². The highest BCUT2D eigenvalue weighted by atomic mass is 19.4. The Morgan fingerprint density at radius 1 is 1.09 bits per heavy atom. The number of para-hydroxylation sites is 1. The van der Waals surface area contributed by atoms with E-state index in [2.05, 4.69) is 5.10 Å². The van der Waals surface area contributed by atoms with Gasteiger partial charge in [0, 0.05) is 17.5 Å². The summed E-state index contributed by atoms with van der Waals surface area (Å²) < 4.78 is 41.4. The fourth-order valence-electron chi connectivity index (χ4n) is 2.67. The lowest BCUT2D eigenvalue weighted by molar-refractivity contribution is -0.136. The molecule has 3 nitrogen and oxygen atoms in total. The average molecular weight is 320 g/mol. The van der Waals surface area contributed by atoms with Crippen molar-refractivity contribution >= 4 is 10.9 Å². The Morgan fingerprint density at radius 3 is 2.39 bits per heavy atom. The number of aryl methyl sites for hydroxylation is 1. The number of rotatable bonds is 3. The molecule has 0 atom stereocenters. The summed E-state index contributed by atoms with van der Waals surface area (Å²) in [5.74, 6) is 0.0991. The molecule has 1 N–H and O–H groups in total. The van der Waals surface area contributed by atoms with Crippen LogP contribution in [0.4, 0.5) is 13.2 Å². The van der Waals surface area contributed by atoms with Crippen LogP contribution in [0.2, 0.25) is 0 Å². The molecule has 23 heavy (non-hydrogen) atoms. The molecule has 0 saturated carbocycles. The lowest BCUT2D eigenvalue weighted by atomic mass is 10.0. The first kappa shape index (κ1) is 15.4. The van der Waals surface area contributed by atoms with Crippen LogP contribution in [0.1, 0.15) is 18.9 Å². The van der Waals surface area contributed by atoms with Gasteiger partial charge in [-0.05, 0) is 36.8 Å². The van der Waals surface area contributed by atoms with Crippen LogP contribution < -0.4 is 0 Å². The van der Waals surface area contributed by atoms with Crippen LogP contribution in [0.3, 0.4) is 0 Å². The number of alkyl halides is 3. The molecule has 0 bridgehead atoms. The highest BCUT2D eigenvalue weighted by Crippen LogP contribution is 2.38. The number of aromatic hydroxyl groups is 1. The fraction of sp³-hybridized carbons (Fsp3) is 0.235. The molecule has 0 spiro atoms. The molecule has 0 aliphatic heterocycles. The number of phenols is 1. The van der Waals surface area contributed by atoms with E-state index in [0.29, 0.717) is 29.6 Å². The number of benzene rings is 2. The fourth-order valence-corrected chi connectivity index (χ4v) is 2.67. The molecule has 0 saturated heterocycles. The molecule has 6 heteroatoms. The number of fused-ring (bicyclic) bond motifs is 1. The summed E-state index contributed by atoms with van der Waals surface area (Å²) in [5.41, 5.74) is 0.576. The molecule has 0 amide bonds. The third-order valence-electron chi connectivity index (χ3n) is 3.65. The van der Waals surface area contributed by atoms with E-state index in [0.717, 1.165) is 6.07 Å². The molecule has 2 aromatic carbocycles. The lowest BCUT2D eigenvalue weighted by Gasteiger charge is -2.10. The minimum atomic E-state index is -4.43. The minimum Gasteiger partial charge on any atom is -0.508 e. The van der Waals surface area contributed by atoms with Gasteiger partial charge >= 0.3 is 6.18 Å². The highest BCUT2D eigenvalue weighted by Gasteiger charge is 2.34. The van der Waals surface area contributed by atoms with Gasteiger partial charge in [-0.25, -0.2) is 0 Å². The Balaban J connectivity index is 2.30. The summed E-state index contributed by atoms with van der Waals surface area (Å²) in [6.07, 6.45) is -3.75. The van der Waals surface area contributed by atoms with E-state index in [-0.39, 0.29) is 11.3 Å². The van der Waals surface area contributed by atoms with Gasteiger partial charge in [-0.1, -0.05) is 19.1 Å². The number of halogens is 3. The second kappa shape index (κ2) is 5.61. The van der Waals surface area contributed by atoms with Crippen LogP contribution >= 0.6 is 0 Å². The summed E-state index contributed by atoms with van der Waals surface area (Å²) in [5, 5.41) is 14.2. The molecule has 0 aliphatic carbocycles. The Morgan fingerprint density at radius 2 is 1.78 bits per heavy atom. The first-order chi connectivity index (χ1) is 10.9. The number of hydrogen-bond acceptors (Lipinski definition) is 2. The second-order valence-electron chi connectivity index (χ2n) is 5.32. The van der Waals surface area contributed by atoms with Gasteiger partial charge in [0.25, 0.3) is 0 Å². The Bertz CT molecular complexity index is 835. The zero-order chi connectivity index (χ0) is 16.6. The van der Waals surface area contributed by atoms with E-state index in [1.54, 1.807) is 18.2 Å². The van der Waals surface area contributed by atoms with Crippen LogP contribution in [-0.2, 0) is 12.7 Å². The Kier molecular flexibility index (Phi) is 3.75. The Hall–Kier alpha value is -2.50. The van der Waals surface area contributed by atoms with Crippen LogP contribution in [0, 0.1) is 0 Å². The second-order valence-corrected chi connectivity index (χ2v) is 5.32. The summed E-state index contributed by atoms with van der Waals surface area (Å²) >= 11 is 0. The quantitative estimate of drug-likeness (QED) is 0.750. The van der Waals surface area contributed by atoms with Gasteiger partial charge in [0.1, 0.15) is 11.4 Å². The SMILES string of the molecule is CCCn1nc(-c2ccc(O)cc2)c2cccc(C(F)(F)F)c21. The van der Waals surface area contributed by atoms with Crippen molar-refractivity contribution in [1.82, 2.24) is 9.78 Å². The molecule has 1 heterocycles. The van der Waals surface area contributed by atoms with Gasteiger partial charge in [-0.15, -0.1) is 0 Å². The molecule has 0 unspecified atom stereocenters. The standard InChI is InChI=1S/C17H15F3N2O/c1-2-10-22-16-13(4-3-5-14(16)17(18,19)20)15(21-22)11-6-8-12(23)9-7-11/h3-9,23H,2,10H2,1H3.